The van der Waals surface area contributed by atoms with Gasteiger partial charge in [0.15, 0.2) is 6.10 Å². The highest BCUT2D eigenvalue weighted by molar-refractivity contribution is 5.98. The standard InChI is InChI=1S/C24H34F3N3O5/c1-13(2)18(20(31)24(25,26)27)28-22(33)17-7-6-12-30(17)23(34)19(14(3)4)29-21(32)15-8-10-16(35-5)11-9-15/h8-11,13-14,17-20,31H,6-7,12H2,1-5H3,(H,28,33)(H,29,32)/t17?,18-,19?,20-/m0/s1. The first-order valence-corrected chi connectivity index (χ1v) is 11.6. The highest BCUT2D eigenvalue weighted by atomic mass is 19.4. The monoisotopic (exact) mass is 501 g/mol. The molecule has 0 spiro atoms. The number of nitrogens with one attached hydrogen (secondary N) is 2. The summed E-state index contributed by atoms with van der Waals surface area (Å²) in [5, 5.41) is 14.7. The molecule has 1 heterocycles. The van der Waals surface area contributed by atoms with Crippen LogP contribution in [0.25, 0.3) is 0 Å². The van der Waals surface area contributed by atoms with Gasteiger partial charge in [-0.05, 0) is 48.9 Å². The van der Waals surface area contributed by atoms with Crippen LogP contribution in [0.15, 0.2) is 24.3 Å². The molecule has 11 heteroatoms. The van der Waals surface area contributed by atoms with Gasteiger partial charge in [0, 0.05) is 12.1 Å². The first-order chi connectivity index (χ1) is 16.3. The Hall–Kier alpha value is -2.82. The summed E-state index contributed by atoms with van der Waals surface area (Å²) >= 11 is 0. The fourth-order valence-electron chi connectivity index (χ4n) is 4.04. The number of carbonyl (C=O) groups is 3. The maximum Gasteiger partial charge on any atom is 0.416 e. The molecule has 1 aromatic carbocycles. The predicted molar refractivity (Wildman–Crippen MR) is 123 cm³/mol. The molecule has 2 rings (SSSR count). The molecule has 35 heavy (non-hydrogen) atoms. The molecule has 0 aliphatic carbocycles. The molecule has 1 aliphatic rings. The highest BCUT2D eigenvalue weighted by Gasteiger charge is 2.46. The smallest absolute Gasteiger partial charge is 0.416 e. The number of likely N-dealkylation sites (tertiary alicyclic amines) is 1. The number of hydrogen-bond donors (Lipinski definition) is 3. The van der Waals surface area contributed by atoms with Gasteiger partial charge in [-0.2, -0.15) is 13.2 Å². The van der Waals surface area contributed by atoms with Crippen molar-refractivity contribution in [2.24, 2.45) is 11.8 Å². The predicted octanol–water partition coefficient (Wildman–Crippen LogP) is 2.50. The van der Waals surface area contributed by atoms with E-state index in [1.54, 1.807) is 38.1 Å². The maximum atomic E-state index is 13.4. The van der Waals surface area contributed by atoms with Crippen molar-refractivity contribution in [3.63, 3.8) is 0 Å². The van der Waals surface area contributed by atoms with Crippen LogP contribution in [0, 0.1) is 11.8 Å². The van der Waals surface area contributed by atoms with Gasteiger partial charge in [0.1, 0.15) is 17.8 Å². The van der Waals surface area contributed by atoms with Gasteiger partial charge in [-0.15, -0.1) is 0 Å². The fourth-order valence-corrected chi connectivity index (χ4v) is 4.04. The molecule has 1 aliphatic heterocycles. The normalized spacial score (nSPS) is 18.8. The van der Waals surface area contributed by atoms with Crippen molar-refractivity contribution < 1.29 is 37.4 Å². The molecule has 0 saturated carbocycles. The number of aliphatic hydroxyl groups excluding tert-OH is 1. The Kier molecular flexibility index (Phi) is 9.53. The molecule has 2 unspecified atom stereocenters. The molecule has 1 aromatic rings. The lowest BCUT2D eigenvalue weighted by Gasteiger charge is -2.33. The third kappa shape index (κ3) is 7.09. The lowest BCUT2D eigenvalue weighted by atomic mass is 9.97. The number of alkyl halides is 3. The molecule has 0 bridgehead atoms. The second-order valence-corrected chi connectivity index (χ2v) is 9.38. The summed E-state index contributed by atoms with van der Waals surface area (Å²) in [6, 6.07) is 2.84. The van der Waals surface area contributed by atoms with Gasteiger partial charge in [0.25, 0.3) is 5.91 Å². The highest BCUT2D eigenvalue weighted by Crippen LogP contribution is 2.27. The molecule has 4 atom stereocenters. The van der Waals surface area contributed by atoms with E-state index >= 15 is 0 Å². The van der Waals surface area contributed by atoms with Gasteiger partial charge in [0.2, 0.25) is 11.8 Å². The summed E-state index contributed by atoms with van der Waals surface area (Å²) in [6.45, 7) is 6.64. The summed E-state index contributed by atoms with van der Waals surface area (Å²) in [5.41, 5.74) is 0.320. The van der Waals surface area contributed by atoms with Crippen LogP contribution >= 0.6 is 0 Å². The average Bonchev–Trinajstić information content (AvgIpc) is 3.29. The van der Waals surface area contributed by atoms with E-state index in [-0.39, 0.29) is 18.9 Å². The van der Waals surface area contributed by atoms with Gasteiger partial charge in [-0.1, -0.05) is 27.7 Å². The molecule has 3 amide bonds. The van der Waals surface area contributed by atoms with E-state index in [0.29, 0.717) is 17.7 Å². The fraction of sp³-hybridized carbons (Fsp3) is 0.625. The third-order valence-corrected chi connectivity index (χ3v) is 6.11. The first kappa shape index (κ1) is 28.4. The van der Waals surface area contributed by atoms with Crippen LogP contribution in [0.1, 0.15) is 50.9 Å². The van der Waals surface area contributed by atoms with E-state index in [4.69, 9.17) is 4.74 Å². The Morgan fingerprint density at radius 3 is 2.14 bits per heavy atom. The van der Waals surface area contributed by atoms with E-state index in [1.165, 1.54) is 25.9 Å². The van der Waals surface area contributed by atoms with Crippen molar-refractivity contribution >= 4 is 17.7 Å². The SMILES string of the molecule is COc1ccc(C(=O)NC(C(=O)N2CCCC2C(=O)N[C@@H](C(C)C)[C@H](O)C(F)(F)F)C(C)C)cc1. The van der Waals surface area contributed by atoms with E-state index in [1.807, 2.05) is 0 Å². The zero-order valence-electron chi connectivity index (χ0n) is 20.6. The summed E-state index contributed by atoms with van der Waals surface area (Å²) < 4.78 is 44.3. The topological polar surface area (TPSA) is 108 Å². The van der Waals surface area contributed by atoms with Crippen molar-refractivity contribution in [2.75, 3.05) is 13.7 Å². The van der Waals surface area contributed by atoms with Crippen molar-refractivity contribution in [3.05, 3.63) is 29.8 Å². The molecule has 1 fully saturated rings. The van der Waals surface area contributed by atoms with Crippen molar-refractivity contribution in [1.82, 2.24) is 15.5 Å². The molecule has 0 radical (unpaired) electrons. The van der Waals surface area contributed by atoms with Gasteiger partial charge >= 0.3 is 6.18 Å². The minimum atomic E-state index is -4.90. The number of hydrogen-bond acceptors (Lipinski definition) is 5. The van der Waals surface area contributed by atoms with E-state index in [0.717, 1.165) is 0 Å². The van der Waals surface area contributed by atoms with Crippen LogP contribution in [0.2, 0.25) is 0 Å². The molecule has 1 saturated heterocycles. The molecule has 196 valence electrons. The van der Waals surface area contributed by atoms with Crippen molar-refractivity contribution in [3.8, 4) is 5.75 Å². The summed E-state index contributed by atoms with van der Waals surface area (Å²) in [7, 11) is 1.50. The zero-order chi connectivity index (χ0) is 26.5. The van der Waals surface area contributed by atoms with Crippen LogP contribution in [0.4, 0.5) is 13.2 Å². The number of ether oxygens (including phenoxy) is 1. The Labute approximate surface area is 203 Å². The van der Waals surface area contributed by atoms with Gasteiger partial charge in [0.05, 0.1) is 13.2 Å². The maximum absolute atomic E-state index is 13.4. The number of methoxy groups -OCH3 is 1. The van der Waals surface area contributed by atoms with Crippen LogP contribution < -0.4 is 15.4 Å². The lowest BCUT2D eigenvalue weighted by molar-refractivity contribution is -0.215. The van der Waals surface area contributed by atoms with E-state index < -0.39 is 54.0 Å². The Bertz CT molecular complexity index is 889. The Morgan fingerprint density at radius 1 is 1.06 bits per heavy atom. The van der Waals surface area contributed by atoms with Crippen LogP contribution in [0.5, 0.6) is 5.75 Å². The Balaban J connectivity index is 2.16. The second kappa shape index (κ2) is 11.7. The molecule has 8 nitrogen and oxygen atoms in total. The zero-order valence-corrected chi connectivity index (χ0v) is 20.6. The Morgan fingerprint density at radius 2 is 1.66 bits per heavy atom. The number of rotatable bonds is 9. The third-order valence-electron chi connectivity index (χ3n) is 6.11. The lowest BCUT2D eigenvalue weighted by Crippen LogP contribution is -2.59. The number of halogens is 3. The largest absolute Gasteiger partial charge is 0.497 e. The number of benzene rings is 1. The van der Waals surface area contributed by atoms with Gasteiger partial charge in [-0.3, -0.25) is 14.4 Å². The quantitative estimate of drug-likeness (QED) is 0.482. The van der Waals surface area contributed by atoms with Gasteiger partial charge < -0.3 is 25.4 Å². The summed E-state index contributed by atoms with van der Waals surface area (Å²) in [6.07, 6.45) is -6.89. The van der Waals surface area contributed by atoms with Crippen LogP contribution in [-0.2, 0) is 9.59 Å². The number of amides is 3. The number of nitrogens with zero attached hydrogens (tertiary/aromatic N) is 1. The number of aliphatic hydroxyl groups is 1. The number of carbonyl (C=O) groups excluding carboxylic acids is 3. The molecule has 0 aromatic heterocycles. The van der Waals surface area contributed by atoms with Crippen LogP contribution in [0.3, 0.4) is 0 Å². The molecule has 3 N–H and O–H groups in total. The average molecular weight is 502 g/mol. The van der Waals surface area contributed by atoms with Gasteiger partial charge in [-0.25, -0.2) is 0 Å². The molecular formula is C24H34F3N3O5. The minimum Gasteiger partial charge on any atom is -0.497 e. The molecular weight excluding hydrogens is 467 g/mol. The van der Waals surface area contributed by atoms with Crippen molar-refractivity contribution in [2.45, 2.75) is 70.9 Å². The summed E-state index contributed by atoms with van der Waals surface area (Å²) in [5.74, 6) is -2.18. The van der Waals surface area contributed by atoms with Crippen LogP contribution in [-0.4, -0.2) is 71.8 Å². The minimum absolute atomic E-state index is 0.229. The van der Waals surface area contributed by atoms with E-state index in [9.17, 15) is 32.7 Å². The second-order valence-electron chi connectivity index (χ2n) is 9.38. The van der Waals surface area contributed by atoms with E-state index in [2.05, 4.69) is 10.6 Å². The van der Waals surface area contributed by atoms with Crippen molar-refractivity contribution in [1.29, 1.82) is 0 Å². The first-order valence-electron chi connectivity index (χ1n) is 11.6. The summed E-state index contributed by atoms with van der Waals surface area (Å²) in [4.78, 5) is 40.3.